The highest BCUT2D eigenvalue weighted by Crippen LogP contribution is 2.27. The summed E-state index contributed by atoms with van der Waals surface area (Å²) in [5.74, 6) is -1.46. The van der Waals surface area contributed by atoms with Gasteiger partial charge in [0.15, 0.2) is 0 Å². The number of carbonyl (C=O) groups is 1. The highest BCUT2D eigenvalue weighted by Gasteiger charge is 2.31. The number of aliphatic hydroxyl groups is 1. The maximum atomic E-state index is 12.7. The Morgan fingerprint density at radius 2 is 1.75 bits per heavy atom. The highest BCUT2D eigenvalue weighted by molar-refractivity contribution is 7.91. The summed E-state index contributed by atoms with van der Waals surface area (Å²) in [7, 11) is -4.15. The molecule has 1 aromatic heterocycles. The predicted octanol–water partition coefficient (Wildman–Crippen LogP) is 2.23. The van der Waals surface area contributed by atoms with Gasteiger partial charge in [-0.25, -0.2) is 13.4 Å². The minimum Gasteiger partial charge on any atom is -0.406 e. The average Bonchev–Trinajstić information content (AvgIpc) is 2.52. The minimum atomic E-state index is -4.90. The monoisotopic (exact) mass is 418 g/mol. The molecule has 1 amide bonds. The molecule has 0 saturated heterocycles. The number of ether oxygens (including phenoxy) is 1. The molecule has 0 radical (unpaired) electrons. The van der Waals surface area contributed by atoms with Gasteiger partial charge in [0.2, 0.25) is 9.84 Å². The minimum absolute atomic E-state index is 0.0972. The number of pyridine rings is 1. The van der Waals surface area contributed by atoms with Crippen molar-refractivity contribution in [3.8, 4) is 5.75 Å². The van der Waals surface area contributed by atoms with Crippen molar-refractivity contribution in [2.75, 3.05) is 0 Å². The molecular weight excluding hydrogens is 401 g/mol. The third-order valence-electron chi connectivity index (χ3n) is 3.48. The van der Waals surface area contributed by atoms with Gasteiger partial charge in [-0.2, -0.15) is 0 Å². The maximum Gasteiger partial charge on any atom is 0.573 e. The van der Waals surface area contributed by atoms with Crippen LogP contribution >= 0.6 is 0 Å². The summed E-state index contributed by atoms with van der Waals surface area (Å²) in [4.78, 5) is 14.7. The lowest BCUT2D eigenvalue weighted by Crippen LogP contribution is -2.26. The number of halogens is 3. The highest BCUT2D eigenvalue weighted by atomic mass is 32.2. The number of rotatable bonds is 6. The number of hydrogen-bond acceptors (Lipinski definition) is 6. The van der Waals surface area contributed by atoms with E-state index < -0.39 is 33.5 Å². The van der Waals surface area contributed by atoms with Gasteiger partial charge in [0.05, 0.1) is 15.4 Å². The van der Waals surface area contributed by atoms with Crippen molar-refractivity contribution >= 4 is 15.7 Å². The number of amides is 1. The van der Waals surface area contributed by atoms with Crippen LogP contribution in [0.2, 0.25) is 0 Å². The number of carbonyl (C=O) groups excluding carboxylic acids is 1. The van der Waals surface area contributed by atoms with E-state index in [0.29, 0.717) is 0 Å². The summed E-state index contributed by atoms with van der Waals surface area (Å²) in [5.41, 5.74) is 3.90. The fourth-order valence-corrected chi connectivity index (χ4v) is 3.67. The Labute approximate surface area is 158 Å². The molecule has 0 fully saturated rings. The van der Waals surface area contributed by atoms with E-state index in [4.69, 9.17) is 5.73 Å². The van der Waals surface area contributed by atoms with Crippen molar-refractivity contribution < 1.29 is 36.2 Å². The first-order valence-corrected chi connectivity index (χ1v) is 9.29. The van der Waals surface area contributed by atoms with Crippen LogP contribution in [-0.2, 0) is 16.3 Å². The van der Waals surface area contributed by atoms with Crippen LogP contribution in [0.25, 0.3) is 0 Å². The number of benzene rings is 1. The van der Waals surface area contributed by atoms with Crippen molar-refractivity contribution in [2.24, 2.45) is 5.73 Å². The van der Waals surface area contributed by atoms with Crippen molar-refractivity contribution in [3.05, 3.63) is 47.8 Å². The van der Waals surface area contributed by atoms with Gasteiger partial charge in [0.25, 0.3) is 5.91 Å². The first kappa shape index (κ1) is 21.6. The summed E-state index contributed by atoms with van der Waals surface area (Å²) in [6.45, 7) is 2.91. The molecule has 11 heteroatoms. The number of nitrogens with two attached hydrogens (primary N) is 1. The zero-order valence-electron chi connectivity index (χ0n) is 14.8. The molecule has 0 unspecified atom stereocenters. The second kappa shape index (κ2) is 7.40. The van der Waals surface area contributed by atoms with E-state index >= 15 is 0 Å². The molecule has 0 spiro atoms. The van der Waals surface area contributed by atoms with E-state index in [9.17, 15) is 31.5 Å². The fourth-order valence-electron chi connectivity index (χ4n) is 2.41. The summed E-state index contributed by atoms with van der Waals surface area (Å²) >= 11 is 0. The van der Waals surface area contributed by atoms with E-state index in [0.717, 1.165) is 36.5 Å². The number of aromatic nitrogens is 1. The van der Waals surface area contributed by atoms with Crippen LogP contribution in [0.1, 0.15) is 29.9 Å². The molecular formula is C17H17F3N2O5S. The molecule has 1 aromatic carbocycles. The lowest BCUT2D eigenvalue weighted by atomic mass is 9.97. The Balaban J connectivity index is 2.45. The summed E-state index contributed by atoms with van der Waals surface area (Å²) in [6, 6.07) is 4.79. The van der Waals surface area contributed by atoms with Gasteiger partial charge in [-0.05, 0) is 49.7 Å². The number of hydrogen-bond donors (Lipinski definition) is 2. The van der Waals surface area contributed by atoms with Gasteiger partial charge in [0, 0.05) is 12.6 Å². The standard InChI is InChI=1S/C17H17F3N2O5S/c1-16(2,24)8-10-7-13(9-22-14(10)15(21)23)28(25,26)12-5-3-11(4-6-12)27-17(18,19)20/h3-7,9,24H,8H2,1-2H3,(H2,21,23). The summed E-state index contributed by atoms with van der Waals surface area (Å²) < 4.78 is 65.8. The Morgan fingerprint density at radius 3 is 2.21 bits per heavy atom. The molecule has 0 aliphatic heterocycles. The van der Waals surface area contributed by atoms with E-state index in [2.05, 4.69) is 9.72 Å². The Hall–Kier alpha value is -2.66. The quantitative estimate of drug-likeness (QED) is 0.742. The molecule has 0 aliphatic rings. The normalized spacial score (nSPS) is 12.6. The Kier molecular flexibility index (Phi) is 5.72. The number of sulfone groups is 1. The van der Waals surface area contributed by atoms with Crippen LogP contribution in [0, 0.1) is 0 Å². The topological polar surface area (TPSA) is 120 Å². The molecule has 2 rings (SSSR count). The van der Waals surface area contributed by atoms with Crippen molar-refractivity contribution in [1.82, 2.24) is 4.98 Å². The Bertz CT molecular complexity index is 981. The fraction of sp³-hybridized carbons (Fsp3) is 0.294. The molecule has 0 saturated carbocycles. The molecule has 0 bridgehead atoms. The van der Waals surface area contributed by atoms with Gasteiger partial charge >= 0.3 is 6.36 Å². The van der Waals surface area contributed by atoms with Crippen molar-refractivity contribution in [1.29, 1.82) is 0 Å². The third kappa shape index (κ3) is 5.42. The largest absolute Gasteiger partial charge is 0.573 e. The van der Waals surface area contributed by atoms with E-state index in [1.54, 1.807) is 0 Å². The first-order valence-electron chi connectivity index (χ1n) is 7.81. The van der Waals surface area contributed by atoms with Crippen LogP contribution in [0.5, 0.6) is 5.75 Å². The summed E-state index contributed by atoms with van der Waals surface area (Å²) in [5, 5.41) is 9.98. The molecule has 1 heterocycles. The SMILES string of the molecule is CC(C)(O)Cc1cc(S(=O)(=O)c2ccc(OC(F)(F)F)cc2)cnc1C(N)=O. The predicted molar refractivity (Wildman–Crippen MR) is 91.3 cm³/mol. The van der Waals surface area contributed by atoms with E-state index in [1.807, 2.05) is 0 Å². The third-order valence-corrected chi connectivity index (χ3v) is 5.21. The van der Waals surface area contributed by atoms with Gasteiger partial charge in [-0.1, -0.05) is 0 Å². The summed E-state index contributed by atoms with van der Waals surface area (Å²) in [6.07, 6.45) is -4.08. The first-order chi connectivity index (χ1) is 12.7. The lowest BCUT2D eigenvalue weighted by molar-refractivity contribution is -0.274. The van der Waals surface area contributed by atoms with Crippen molar-refractivity contribution in [2.45, 2.75) is 42.0 Å². The number of alkyl halides is 3. The van der Waals surface area contributed by atoms with E-state index in [1.165, 1.54) is 13.8 Å². The number of primary amides is 1. The van der Waals surface area contributed by atoms with Crippen LogP contribution in [0.3, 0.4) is 0 Å². The van der Waals surface area contributed by atoms with Gasteiger partial charge in [-0.3, -0.25) is 4.79 Å². The zero-order chi connectivity index (χ0) is 21.3. The molecule has 28 heavy (non-hydrogen) atoms. The van der Waals surface area contributed by atoms with Crippen LogP contribution in [0.4, 0.5) is 13.2 Å². The maximum absolute atomic E-state index is 12.7. The molecule has 2 aromatic rings. The van der Waals surface area contributed by atoms with Gasteiger partial charge < -0.3 is 15.6 Å². The van der Waals surface area contributed by atoms with Crippen LogP contribution in [0.15, 0.2) is 46.3 Å². The zero-order valence-corrected chi connectivity index (χ0v) is 15.6. The lowest BCUT2D eigenvalue weighted by Gasteiger charge is -2.19. The second-order valence-electron chi connectivity index (χ2n) is 6.55. The van der Waals surface area contributed by atoms with Gasteiger partial charge in [0.1, 0.15) is 11.4 Å². The Morgan fingerprint density at radius 1 is 1.18 bits per heavy atom. The molecule has 7 nitrogen and oxygen atoms in total. The smallest absolute Gasteiger partial charge is 0.406 e. The van der Waals surface area contributed by atoms with Crippen LogP contribution < -0.4 is 10.5 Å². The number of nitrogens with zero attached hydrogens (tertiary/aromatic N) is 1. The van der Waals surface area contributed by atoms with Crippen LogP contribution in [-0.4, -0.2) is 36.4 Å². The molecule has 3 N–H and O–H groups in total. The second-order valence-corrected chi connectivity index (χ2v) is 8.50. The van der Waals surface area contributed by atoms with Crippen molar-refractivity contribution in [3.63, 3.8) is 0 Å². The molecule has 0 aliphatic carbocycles. The van der Waals surface area contributed by atoms with Gasteiger partial charge in [-0.15, -0.1) is 13.2 Å². The average molecular weight is 418 g/mol. The molecule has 0 atom stereocenters. The molecule has 152 valence electrons. The van der Waals surface area contributed by atoms with E-state index in [-0.39, 0.29) is 27.5 Å².